The summed E-state index contributed by atoms with van der Waals surface area (Å²) in [5.74, 6) is -1.44. The molecule has 0 aliphatic rings. The van der Waals surface area contributed by atoms with Crippen LogP contribution in [0.5, 0.6) is 0 Å². The van der Waals surface area contributed by atoms with Crippen molar-refractivity contribution in [1.82, 2.24) is 10.3 Å². The fourth-order valence-electron chi connectivity index (χ4n) is 2.70. The smallest absolute Gasteiger partial charge is 0.354 e. The predicted octanol–water partition coefficient (Wildman–Crippen LogP) is 2.68. The van der Waals surface area contributed by atoms with Crippen LogP contribution >= 0.6 is 0 Å². The molecule has 2 rings (SSSR count). The Kier molecular flexibility index (Phi) is 5.11. The molecule has 2 N–H and O–H groups in total. The molecule has 1 aromatic carbocycles. The van der Waals surface area contributed by atoms with E-state index in [4.69, 9.17) is 5.11 Å². The third-order valence-corrected chi connectivity index (χ3v) is 3.74. The summed E-state index contributed by atoms with van der Waals surface area (Å²) in [6.07, 6.45) is 2.06. The lowest BCUT2D eigenvalue weighted by atomic mass is 9.97. The van der Waals surface area contributed by atoms with Crippen LogP contribution in [-0.2, 0) is 6.42 Å². The SMILES string of the molecule is Cc1cc(C)c(CCNC(=O)c2ccnc(C(=O)O)c2)c(C)c1. The van der Waals surface area contributed by atoms with Gasteiger partial charge in [-0.25, -0.2) is 9.78 Å². The summed E-state index contributed by atoms with van der Waals surface area (Å²) >= 11 is 0. The van der Waals surface area contributed by atoms with E-state index in [9.17, 15) is 9.59 Å². The number of nitrogens with one attached hydrogen (secondary N) is 1. The van der Waals surface area contributed by atoms with Gasteiger partial charge in [0.05, 0.1) is 0 Å². The molecule has 120 valence electrons. The van der Waals surface area contributed by atoms with Gasteiger partial charge >= 0.3 is 5.97 Å². The second kappa shape index (κ2) is 7.05. The van der Waals surface area contributed by atoms with E-state index < -0.39 is 5.97 Å². The average molecular weight is 312 g/mol. The topological polar surface area (TPSA) is 79.3 Å². The number of aromatic nitrogens is 1. The molecule has 1 aromatic heterocycles. The Morgan fingerprint density at radius 2 is 1.78 bits per heavy atom. The van der Waals surface area contributed by atoms with Gasteiger partial charge < -0.3 is 10.4 Å². The Morgan fingerprint density at radius 1 is 1.13 bits per heavy atom. The van der Waals surface area contributed by atoms with Crippen LogP contribution in [0.4, 0.5) is 0 Å². The highest BCUT2D eigenvalue weighted by Gasteiger charge is 2.11. The summed E-state index contributed by atoms with van der Waals surface area (Å²) in [7, 11) is 0. The Morgan fingerprint density at radius 3 is 2.39 bits per heavy atom. The number of carboxylic acids is 1. The number of nitrogens with zero attached hydrogens (tertiary/aromatic N) is 1. The first-order valence-corrected chi connectivity index (χ1v) is 7.42. The molecular formula is C18H20N2O3. The maximum Gasteiger partial charge on any atom is 0.354 e. The number of carboxylic acid groups (broad SMARTS) is 1. The van der Waals surface area contributed by atoms with Gasteiger partial charge in [0.15, 0.2) is 0 Å². The van der Waals surface area contributed by atoms with Crippen molar-refractivity contribution in [2.75, 3.05) is 6.54 Å². The monoisotopic (exact) mass is 312 g/mol. The van der Waals surface area contributed by atoms with Crippen molar-refractivity contribution >= 4 is 11.9 Å². The normalized spacial score (nSPS) is 10.4. The molecule has 0 bridgehead atoms. The fourth-order valence-corrected chi connectivity index (χ4v) is 2.70. The maximum absolute atomic E-state index is 12.1. The van der Waals surface area contributed by atoms with Gasteiger partial charge in [-0.1, -0.05) is 17.7 Å². The van der Waals surface area contributed by atoms with E-state index >= 15 is 0 Å². The van der Waals surface area contributed by atoms with Crippen molar-refractivity contribution in [2.45, 2.75) is 27.2 Å². The lowest BCUT2D eigenvalue weighted by molar-refractivity contribution is 0.0690. The zero-order valence-electron chi connectivity index (χ0n) is 13.5. The number of aryl methyl sites for hydroxylation is 3. The van der Waals surface area contributed by atoms with E-state index in [2.05, 4.69) is 43.2 Å². The number of carbonyl (C=O) groups excluding carboxylic acids is 1. The second-order valence-electron chi connectivity index (χ2n) is 5.62. The van der Waals surface area contributed by atoms with Crippen LogP contribution in [0.25, 0.3) is 0 Å². The van der Waals surface area contributed by atoms with Crippen molar-refractivity contribution in [1.29, 1.82) is 0 Å². The summed E-state index contributed by atoms with van der Waals surface area (Å²) in [5.41, 5.74) is 5.06. The minimum Gasteiger partial charge on any atom is -0.477 e. The summed E-state index contributed by atoms with van der Waals surface area (Å²) < 4.78 is 0. The molecule has 23 heavy (non-hydrogen) atoms. The molecular weight excluding hydrogens is 292 g/mol. The van der Waals surface area contributed by atoms with Crippen LogP contribution in [0.2, 0.25) is 0 Å². The number of carbonyl (C=O) groups is 2. The molecule has 0 saturated heterocycles. The summed E-state index contributed by atoms with van der Waals surface area (Å²) in [6, 6.07) is 7.04. The van der Waals surface area contributed by atoms with Gasteiger partial charge in [0, 0.05) is 18.3 Å². The zero-order valence-corrected chi connectivity index (χ0v) is 13.5. The molecule has 0 atom stereocenters. The Balaban J connectivity index is 2.00. The lowest BCUT2D eigenvalue weighted by Crippen LogP contribution is -2.26. The van der Waals surface area contributed by atoms with E-state index in [1.54, 1.807) is 0 Å². The third-order valence-electron chi connectivity index (χ3n) is 3.74. The molecule has 1 heterocycles. The van der Waals surface area contributed by atoms with Crippen molar-refractivity contribution in [3.05, 3.63) is 64.0 Å². The minimum absolute atomic E-state index is 0.136. The number of benzene rings is 1. The largest absolute Gasteiger partial charge is 0.477 e. The fraction of sp³-hybridized carbons (Fsp3) is 0.278. The maximum atomic E-state index is 12.1. The van der Waals surface area contributed by atoms with Crippen molar-refractivity contribution < 1.29 is 14.7 Å². The van der Waals surface area contributed by atoms with Gasteiger partial charge in [-0.05, 0) is 56.0 Å². The van der Waals surface area contributed by atoms with Crippen LogP contribution in [0, 0.1) is 20.8 Å². The average Bonchev–Trinajstić information content (AvgIpc) is 2.49. The van der Waals surface area contributed by atoms with Crippen LogP contribution in [0.15, 0.2) is 30.5 Å². The first-order chi connectivity index (χ1) is 10.9. The van der Waals surface area contributed by atoms with Gasteiger partial charge in [-0.15, -0.1) is 0 Å². The van der Waals surface area contributed by atoms with Crippen LogP contribution in [0.3, 0.4) is 0 Å². The predicted molar refractivity (Wildman–Crippen MR) is 87.9 cm³/mol. The van der Waals surface area contributed by atoms with Crippen LogP contribution in [0.1, 0.15) is 43.1 Å². The lowest BCUT2D eigenvalue weighted by Gasteiger charge is -2.12. The molecule has 0 aliphatic carbocycles. The van der Waals surface area contributed by atoms with Crippen molar-refractivity contribution in [3.63, 3.8) is 0 Å². The summed E-state index contributed by atoms with van der Waals surface area (Å²) in [4.78, 5) is 26.7. The summed E-state index contributed by atoms with van der Waals surface area (Å²) in [6.45, 7) is 6.70. The quantitative estimate of drug-likeness (QED) is 0.889. The van der Waals surface area contributed by atoms with Gasteiger partial charge in [-0.2, -0.15) is 0 Å². The van der Waals surface area contributed by atoms with Crippen molar-refractivity contribution in [3.8, 4) is 0 Å². The molecule has 0 radical (unpaired) electrons. The molecule has 0 saturated carbocycles. The van der Waals surface area contributed by atoms with Gasteiger partial charge in [0.2, 0.25) is 0 Å². The molecule has 0 fully saturated rings. The van der Waals surface area contributed by atoms with Gasteiger partial charge in [-0.3, -0.25) is 4.79 Å². The number of aromatic carboxylic acids is 1. The zero-order chi connectivity index (χ0) is 17.0. The third kappa shape index (κ3) is 4.16. The Bertz CT molecular complexity index is 731. The number of amides is 1. The molecule has 0 unspecified atom stereocenters. The summed E-state index contributed by atoms with van der Waals surface area (Å²) in [5, 5.41) is 11.7. The van der Waals surface area contributed by atoms with Gasteiger partial charge in [0.25, 0.3) is 5.91 Å². The van der Waals surface area contributed by atoms with Crippen LogP contribution in [-0.4, -0.2) is 28.5 Å². The van der Waals surface area contributed by atoms with Crippen LogP contribution < -0.4 is 5.32 Å². The molecule has 0 aliphatic heterocycles. The standard InChI is InChI=1S/C18H20N2O3/c1-11-8-12(2)15(13(3)9-11)5-7-20-17(21)14-4-6-19-16(10-14)18(22)23/h4,6,8-10H,5,7H2,1-3H3,(H,20,21)(H,22,23). The Labute approximate surface area is 135 Å². The van der Waals surface area contributed by atoms with E-state index in [0.29, 0.717) is 12.1 Å². The molecule has 5 heteroatoms. The minimum atomic E-state index is -1.15. The number of hydrogen-bond donors (Lipinski definition) is 2. The van der Waals surface area contributed by atoms with E-state index in [0.717, 1.165) is 6.42 Å². The highest BCUT2D eigenvalue weighted by Crippen LogP contribution is 2.16. The highest BCUT2D eigenvalue weighted by molar-refractivity contribution is 5.96. The van der Waals surface area contributed by atoms with Crippen molar-refractivity contribution in [2.24, 2.45) is 0 Å². The van der Waals surface area contributed by atoms with E-state index in [1.807, 2.05) is 0 Å². The number of pyridine rings is 1. The molecule has 1 amide bonds. The molecule has 0 spiro atoms. The van der Waals surface area contributed by atoms with E-state index in [1.165, 1.54) is 40.6 Å². The Hall–Kier alpha value is -2.69. The highest BCUT2D eigenvalue weighted by atomic mass is 16.4. The number of rotatable bonds is 5. The van der Waals surface area contributed by atoms with Gasteiger partial charge in [0.1, 0.15) is 5.69 Å². The molecule has 2 aromatic rings. The van der Waals surface area contributed by atoms with E-state index in [-0.39, 0.29) is 11.6 Å². The number of hydrogen-bond acceptors (Lipinski definition) is 3. The second-order valence-corrected chi connectivity index (χ2v) is 5.62. The first kappa shape index (κ1) is 16.7. The first-order valence-electron chi connectivity index (χ1n) is 7.42. The molecule has 5 nitrogen and oxygen atoms in total.